The minimum Gasteiger partial charge on any atom is -0.303 e. The molecule has 0 aliphatic heterocycles. The maximum Gasteiger partial charge on any atom is 0.182 e. The Kier molecular flexibility index (Phi) is 4.02. The molecule has 3 nitrogen and oxygen atoms in total. The predicted molar refractivity (Wildman–Crippen MR) is 86.2 cm³/mol. The molecule has 3 unspecified atom stereocenters. The van der Waals surface area contributed by atoms with Crippen molar-refractivity contribution in [3.05, 3.63) is 64.1 Å². The van der Waals surface area contributed by atoms with E-state index in [2.05, 4.69) is 0 Å². The van der Waals surface area contributed by atoms with Crippen LogP contribution in [-0.4, -0.2) is 20.0 Å². The average molecular weight is 355 g/mol. The number of benzene rings is 2. The molecular formula is C16H12Cl2O3S. The zero-order valence-electron chi connectivity index (χ0n) is 11.3. The van der Waals surface area contributed by atoms with E-state index in [4.69, 9.17) is 23.2 Å². The van der Waals surface area contributed by atoms with Crippen LogP contribution in [0.15, 0.2) is 53.4 Å². The lowest BCUT2D eigenvalue weighted by molar-refractivity contribution is -0.108. The summed E-state index contributed by atoms with van der Waals surface area (Å²) in [5, 5.41) is 0.245. The first-order valence-electron chi connectivity index (χ1n) is 6.65. The zero-order valence-corrected chi connectivity index (χ0v) is 13.6. The van der Waals surface area contributed by atoms with Gasteiger partial charge in [-0.25, -0.2) is 8.42 Å². The topological polar surface area (TPSA) is 51.2 Å². The maximum atomic E-state index is 12.7. The monoisotopic (exact) mass is 354 g/mol. The second-order valence-electron chi connectivity index (χ2n) is 5.26. The number of aldehydes is 1. The van der Waals surface area contributed by atoms with E-state index in [-0.39, 0.29) is 10.8 Å². The van der Waals surface area contributed by atoms with E-state index in [9.17, 15) is 13.2 Å². The summed E-state index contributed by atoms with van der Waals surface area (Å²) in [7, 11) is -3.59. The highest BCUT2D eigenvalue weighted by Gasteiger charge is 2.59. The molecule has 0 N–H and O–H groups in total. The van der Waals surface area contributed by atoms with Crippen molar-refractivity contribution < 1.29 is 13.2 Å². The summed E-state index contributed by atoms with van der Waals surface area (Å²) in [5.41, 5.74) is 0.770. The molecule has 6 heteroatoms. The van der Waals surface area contributed by atoms with Crippen molar-refractivity contribution in [1.29, 1.82) is 0 Å². The quantitative estimate of drug-likeness (QED) is 0.785. The Labute approximate surface area is 138 Å². The van der Waals surface area contributed by atoms with Crippen LogP contribution in [0.2, 0.25) is 10.0 Å². The van der Waals surface area contributed by atoms with Gasteiger partial charge in [0.2, 0.25) is 0 Å². The van der Waals surface area contributed by atoms with Crippen molar-refractivity contribution in [3.8, 4) is 0 Å². The molecular weight excluding hydrogens is 343 g/mol. The summed E-state index contributed by atoms with van der Waals surface area (Å²) >= 11 is 11.7. The average Bonchev–Trinajstić information content (AvgIpc) is 3.23. The molecule has 1 fully saturated rings. The fourth-order valence-electron chi connectivity index (χ4n) is 2.77. The van der Waals surface area contributed by atoms with Gasteiger partial charge in [0.05, 0.1) is 10.1 Å². The van der Waals surface area contributed by atoms with Crippen LogP contribution in [0, 0.1) is 5.92 Å². The molecule has 114 valence electrons. The van der Waals surface area contributed by atoms with E-state index in [0.29, 0.717) is 16.3 Å². The van der Waals surface area contributed by atoms with Crippen molar-refractivity contribution in [2.75, 3.05) is 0 Å². The van der Waals surface area contributed by atoms with Crippen LogP contribution in [0.5, 0.6) is 0 Å². The molecule has 3 atom stereocenters. The van der Waals surface area contributed by atoms with E-state index in [1.165, 1.54) is 24.3 Å². The van der Waals surface area contributed by atoms with Gasteiger partial charge >= 0.3 is 0 Å². The highest BCUT2D eigenvalue weighted by atomic mass is 35.5. The maximum absolute atomic E-state index is 12.7. The molecule has 0 heterocycles. The van der Waals surface area contributed by atoms with Gasteiger partial charge in [-0.3, -0.25) is 0 Å². The number of carbonyl (C=O) groups is 1. The zero-order chi connectivity index (χ0) is 15.9. The van der Waals surface area contributed by atoms with Crippen LogP contribution < -0.4 is 0 Å². The summed E-state index contributed by atoms with van der Waals surface area (Å²) in [5.74, 6) is -0.893. The molecule has 1 aliphatic rings. The van der Waals surface area contributed by atoms with Crippen LogP contribution in [0.4, 0.5) is 0 Å². The Morgan fingerprint density at radius 2 is 1.64 bits per heavy atom. The highest BCUT2D eigenvalue weighted by molar-refractivity contribution is 7.92. The third kappa shape index (κ3) is 2.67. The lowest BCUT2D eigenvalue weighted by Crippen LogP contribution is -2.11. The summed E-state index contributed by atoms with van der Waals surface area (Å²) in [6.45, 7) is 0. The number of halogens is 2. The predicted octanol–water partition coefficient (Wildman–Crippen LogP) is 3.75. The molecule has 0 amide bonds. The van der Waals surface area contributed by atoms with Crippen molar-refractivity contribution >= 4 is 39.3 Å². The fourth-order valence-corrected chi connectivity index (χ4v) is 5.21. The first kappa shape index (κ1) is 15.5. The second-order valence-corrected chi connectivity index (χ2v) is 8.24. The molecule has 0 bridgehead atoms. The van der Waals surface area contributed by atoms with E-state index in [1.807, 2.05) is 0 Å². The third-order valence-corrected chi connectivity index (χ3v) is 6.64. The summed E-state index contributed by atoms with van der Waals surface area (Å²) in [4.78, 5) is 11.4. The number of hydrogen-bond acceptors (Lipinski definition) is 3. The lowest BCUT2D eigenvalue weighted by Gasteiger charge is -2.04. The number of hydrogen-bond donors (Lipinski definition) is 0. The first-order chi connectivity index (χ1) is 10.4. The first-order valence-corrected chi connectivity index (χ1v) is 8.95. The molecule has 0 aromatic heterocycles. The van der Waals surface area contributed by atoms with Gasteiger partial charge in [-0.2, -0.15) is 0 Å². The smallest absolute Gasteiger partial charge is 0.182 e. The van der Waals surface area contributed by atoms with Gasteiger partial charge in [-0.15, -0.1) is 0 Å². The van der Waals surface area contributed by atoms with Crippen LogP contribution in [0.1, 0.15) is 11.5 Å². The van der Waals surface area contributed by atoms with Gasteiger partial charge in [0, 0.05) is 21.9 Å². The molecule has 0 saturated heterocycles. The lowest BCUT2D eigenvalue weighted by atomic mass is 10.1. The number of rotatable bonds is 4. The van der Waals surface area contributed by atoms with Crippen LogP contribution in [-0.2, 0) is 14.6 Å². The van der Waals surface area contributed by atoms with Gasteiger partial charge in [-0.05, 0) is 42.0 Å². The Balaban J connectivity index is 1.97. The SMILES string of the molecule is O=CC1C(c2cccc(Cl)c2)C1S(=O)(=O)c1ccc(Cl)cc1. The largest absolute Gasteiger partial charge is 0.303 e. The van der Waals surface area contributed by atoms with Crippen molar-refractivity contribution in [1.82, 2.24) is 0 Å². The molecule has 22 heavy (non-hydrogen) atoms. The van der Waals surface area contributed by atoms with Crippen molar-refractivity contribution in [2.24, 2.45) is 5.92 Å². The number of sulfone groups is 1. The Morgan fingerprint density at radius 3 is 2.23 bits per heavy atom. The molecule has 1 aliphatic carbocycles. The van der Waals surface area contributed by atoms with Gasteiger partial charge in [-0.1, -0.05) is 35.3 Å². The Bertz CT molecular complexity index is 816. The summed E-state index contributed by atoms with van der Waals surface area (Å²) in [6.07, 6.45) is 0.712. The van der Waals surface area contributed by atoms with Gasteiger partial charge in [0.25, 0.3) is 0 Å². The van der Waals surface area contributed by atoms with Gasteiger partial charge in [0.15, 0.2) is 9.84 Å². The fraction of sp³-hybridized carbons (Fsp3) is 0.188. The standard InChI is InChI=1S/C16H12Cl2O3S/c17-11-4-6-13(7-5-11)22(20,21)16-14(9-19)15(16)10-2-1-3-12(18)8-10/h1-9,14-16H. The third-order valence-electron chi connectivity index (χ3n) is 3.90. The summed E-state index contributed by atoms with van der Waals surface area (Å²) < 4.78 is 25.4. The van der Waals surface area contributed by atoms with E-state index in [0.717, 1.165) is 5.56 Å². The molecule has 3 rings (SSSR count). The number of carbonyl (C=O) groups excluding carboxylic acids is 1. The van der Waals surface area contributed by atoms with Crippen molar-refractivity contribution in [3.63, 3.8) is 0 Å². The minimum absolute atomic E-state index is 0.179. The highest BCUT2D eigenvalue weighted by Crippen LogP contribution is 2.53. The van der Waals surface area contributed by atoms with Crippen LogP contribution in [0.25, 0.3) is 0 Å². The van der Waals surface area contributed by atoms with Crippen molar-refractivity contribution in [2.45, 2.75) is 16.1 Å². The normalized spacial score (nSPS) is 24.0. The van der Waals surface area contributed by atoms with Gasteiger partial charge in [0.1, 0.15) is 6.29 Å². The Morgan fingerprint density at radius 1 is 0.955 bits per heavy atom. The van der Waals surface area contributed by atoms with E-state index in [1.54, 1.807) is 24.3 Å². The van der Waals surface area contributed by atoms with Crippen LogP contribution in [0.3, 0.4) is 0 Å². The van der Waals surface area contributed by atoms with E-state index >= 15 is 0 Å². The molecule has 1 saturated carbocycles. The molecule has 2 aromatic rings. The van der Waals surface area contributed by atoms with Crippen LogP contribution >= 0.6 is 23.2 Å². The second kappa shape index (κ2) is 5.69. The molecule has 0 spiro atoms. The molecule has 0 radical (unpaired) electrons. The Hall–Kier alpha value is -1.36. The summed E-state index contributed by atoms with van der Waals surface area (Å²) in [6, 6.07) is 13.0. The van der Waals surface area contributed by atoms with E-state index < -0.39 is 21.0 Å². The minimum atomic E-state index is -3.59. The van der Waals surface area contributed by atoms with Gasteiger partial charge < -0.3 is 4.79 Å². The molecule has 2 aromatic carbocycles.